The first-order valence-corrected chi connectivity index (χ1v) is 21.5. The van der Waals surface area contributed by atoms with Crippen molar-refractivity contribution in [3.8, 4) is 11.5 Å². The maximum atomic E-state index is 13.7. The molecule has 0 unspecified atom stereocenters. The summed E-state index contributed by atoms with van der Waals surface area (Å²) in [5.74, 6) is -0.975. The molecule has 65 heavy (non-hydrogen) atoms. The van der Waals surface area contributed by atoms with Crippen LogP contribution in [0.1, 0.15) is 61.6 Å². The lowest BCUT2D eigenvalue weighted by Crippen LogP contribution is -2.69. The predicted molar refractivity (Wildman–Crippen MR) is 241 cm³/mol. The van der Waals surface area contributed by atoms with Gasteiger partial charge < -0.3 is 40.1 Å². The molecule has 21 nitrogen and oxygen atoms in total. The van der Waals surface area contributed by atoms with E-state index in [1.165, 1.54) is 13.2 Å². The lowest BCUT2D eigenvalue weighted by molar-refractivity contribution is -0.156. The van der Waals surface area contributed by atoms with Crippen LogP contribution >= 0.6 is 0 Å². The van der Waals surface area contributed by atoms with Gasteiger partial charge in [-0.1, -0.05) is 12.2 Å². The number of nitrogens with two attached hydrogens (primary N) is 2. The number of methoxy groups -OCH3 is 1. The third kappa shape index (κ3) is 9.42. The van der Waals surface area contributed by atoms with Gasteiger partial charge in [0.15, 0.2) is 0 Å². The van der Waals surface area contributed by atoms with Gasteiger partial charge in [-0.15, -0.1) is 0 Å². The normalized spacial score (nSPS) is 14.9. The molecule has 6 heterocycles. The molecule has 0 aliphatic carbocycles. The van der Waals surface area contributed by atoms with Gasteiger partial charge in [0.1, 0.15) is 33.8 Å². The Labute approximate surface area is 374 Å². The summed E-state index contributed by atoms with van der Waals surface area (Å²) in [5.41, 5.74) is 16.1. The van der Waals surface area contributed by atoms with Crippen LogP contribution in [0.2, 0.25) is 0 Å². The maximum Gasteiger partial charge on any atom is 0.276 e. The van der Waals surface area contributed by atoms with E-state index in [2.05, 4.69) is 31.0 Å². The Bertz CT molecular complexity index is 2820. The maximum absolute atomic E-state index is 13.7. The Balaban J connectivity index is 1.10. The number of imidazole rings is 2. The number of aryl methyl sites for hydroxylation is 4. The van der Waals surface area contributed by atoms with Crippen molar-refractivity contribution in [1.82, 2.24) is 48.9 Å². The zero-order valence-electron chi connectivity index (χ0n) is 37.1. The number of morpholine rings is 1. The van der Waals surface area contributed by atoms with Gasteiger partial charge >= 0.3 is 0 Å². The SMILES string of the molecule is CCn1nc(C)cc1C(=O)Nc1nc2cc(C(N)=O)cc(OC)c2n1C/C=C/Cn1c(NC(=O)Cc2cc(C)nn2C)nc2cc(C(N)=O)cc(OCCCN3CC4(CNCCO4)C3)c21. The van der Waals surface area contributed by atoms with Crippen LogP contribution in [0.25, 0.3) is 22.1 Å². The second-order valence-electron chi connectivity index (χ2n) is 16.4. The number of amides is 4. The number of ether oxygens (including phenoxy) is 3. The molecule has 8 rings (SSSR count). The number of hydrogen-bond acceptors (Lipinski definition) is 13. The van der Waals surface area contributed by atoms with Crippen molar-refractivity contribution in [2.75, 3.05) is 63.7 Å². The summed E-state index contributed by atoms with van der Waals surface area (Å²) in [6.45, 7) is 11.6. The molecule has 21 heteroatoms. The van der Waals surface area contributed by atoms with Crippen molar-refractivity contribution in [2.45, 2.75) is 58.8 Å². The van der Waals surface area contributed by atoms with Gasteiger partial charge in [-0.3, -0.25) is 44.1 Å². The molecule has 2 aliphatic heterocycles. The first kappa shape index (κ1) is 44.5. The predicted octanol–water partition coefficient (Wildman–Crippen LogP) is 2.29. The molecule has 1 spiro atoms. The summed E-state index contributed by atoms with van der Waals surface area (Å²) in [4.78, 5) is 64.0. The molecule has 2 aromatic carbocycles. The molecule has 7 N–H and O–H groups in total. The number of nitrogens with one attached hydrogen (secondary N) is 3. The summed E-state index contributed by atoms with van der Waals surface area (Å²) < 4.78 is 25.0. The molecule has 0 atom stereocenters. The molecular weight excluding hydrogens is 837 g/mol. The van der Waals surface area contributed by atoms with Crippen LogP contribution in [0.15, 0.2) is 48.6 Å². The van der Waals surface area contributed by atoms with E-state index in [1.54, 1.807) is 56.7 Å². The molecule has 2 aliphatic rings. The quantitative estimate of drug-likeness (QED) is 0.0614. The number of likely N-dealkylation sites (tertiary alicyclic amines) is 1. The van der Waals surface area contributed by atoms with E-state index < -0.39 is 17.7 Å². The van der Waals surface area contributed by atoms with Crippen molar-refractivity contribution in [3.05, 3.63) is 82.5 Å². The van der Waals surface area contributed by atoms with E-state index in [1.807, 2.05) is 32.1 Å². The van der Waals surface area contributed by atoms with Crippen LogP contribution < -0.4 is 36.9 Å². The van der Waals surface area contributed by atoms with Gasteiger partial charge in [0.2, 0.25) is 29.6 Å². The number of primary amides is 2. The Morgan fingerprint density at radius 1 is 0.877 bits per heavy atom. The molecule has 0 saturated carbocycles. The number of carbonyl (C=O) groups is 4. The lowest BCUT2D eigenvalue weighted by Gasteiger charge is -2.51. The summed E-state index contributed by atoms with van der Waals surface area (Å²) in [5, 5.41) is 18.1. The smallest absolute Gasteiger partial charge is 0.276 e. The highest BCUT2D eigenvalue weighted by Gasteiger charge is 2.44. The van der Waals surface area contributed by atoms with Crippen molar-refractivity contribution in [1.29, 1.82) is 0 Å². The van der Waals surface area contributed by atoms with Crippen molar-refractivity contribution >= 4 is 57.6 Å². The minimum Gasteiger partial charge on any atom is -0.494 e. The average molecular weight is 891 g/mol. The lowest BCUT2D eigenvalue weighted by atomic mass is 9.92. The van der Waals surface area contributed by atoms with E-state index >= 15 is 0 Å². The van der Waals surface area contributed by atoms with Crippen LogP contribution in [-0.2, 0) is 42.6 Å². The van der Waals surface area contributed by atoms with E-state index in [0.29, 0.717) is 76.8 Å². The monoisotopic (exact) mass is 890 g/mol. The third-order valence-corrected chi connectivity index (χ3v) is 11.5. The fourth-order valence-corrected chi connectivity index (χ4v) is 8.52. The summed E-state index contributed by atoms with van der Waals surface area (Å²) in [6, 6.07) is 9.78. The van der Waals surface area contributed by atoms with Gasteiger partial charge in [-0.05, 0) is 63.6 Å². The van der Waals surface area contributed by atoms with Crippen molar-refractivity contribution < 1.29 is 33.4 Å². The van der Waals surface area contributed by atoms with Gasteiger partial charge in [0, 0.05) is 76.2 Å². The first-order valence-electron chi connectivity index (χ1n) is 21.5. The molecule has 0 radical (unpaired) electrons. The number of allylic oxidation sites excluding steroid dienone is 2. The molecule has 2 saturated heterocycles. The van der Waals surface area contributed by atoms with Gasteiger partial charge in [-0.2, -0.15) is 10.2 Å². The van der Waals surface area contributed by atoms with Crippen LogP contribution in [0.3, 0.4) is 0 Å². The Morgan fingerprint density at radius 2 is 1.51 bits per heavy atom. The number of anilines is 2. The third-order valence-electron chi connectivity index (χ3n) is 11.5. The second kappa shape index (κ2) is 18.6. The highest BCUT2D eigenvalue weighted by molar-refractivity contribution is 6.04. The Kier molecular flexibility index (Phi) is 12.7. The van der Waals surface area contributed by atoms with Gasteiger partial charge in [0.25, 0.3) is 5.91 Å². The van der Waals surface area contributed by atoms with Crippen molar-refractivity contribution in [3.63, 3.8) is 0 Å². The summed E-state index contributed by atoms with van der Waals surface area (Å²) >= 11 is 0. The molecule has 4 aromatic heterocycles. The molecule has 6 aromatic rings. The molecule has 0 bridgehead atoms. The van der Waals surface area contributed by atoms with E-state index in [9.17, 15) is 19.2 Å². The standard InChI is InChI=1S/C44H54N14O7/c1-6-58-33(17-27(3)53-58)41(62)51-43-49-31-18-28(39(45)60)20-34(63-5)37(31)56(43)12-7-8-13-57-38-32(48-42(57)50-36(59)22-30-16-26(2)52-54(30)4)19-29(40(46)61)21-35(38)64-14-9-11-55-24-44(25-55)23-47-10-15-65-44/h7-8,16-21,47H,6,9-15,22-25H2,1-5H3,(H2,45,60)(H2,46,61)(H,48,50,59)(H,49,51,62)/b8-7+. The fourth-order valence-electron chi connectivity index (χ4n) is 8.52. The number of rotatable bonds is 18. The Morgan fingerprint density at radius 3 is 2.09 bits per heavy atom. The van der Waals surface area contributed by atoms with Crippen molar-refractivity contribution in [2.24, 2.45) is 18.5 Å². The average Bonchev–Trinajstić information content (AvgIpc) is 4.01. The number of carbonyl (C=O) groups excluding carboxylic acids is 4. The van der Waals surface area contributed by atoms with Crippen LogP contribution in [0.5, 0.6) is 11.5 Å². The molecule has 342 valence electrons. The molecule has 2 fully saturated rings. The zero-order valence-corrected chi connectivity index (χ0v) is 37.1. The minimum atomic E-state index is -0.665. The number of hydrogen-bond donors (Lipinski definition) is 5. The van der Waals surface area contributed by atoms with Gasteiger partial charge in [0.05, 0.1) is 49.2 Å². The highest BCUT2D eigenvalue weighted by atomic mass is 16.5. The molecular formula is C44H54N14O7. The minimum absolute atomic E-state index is 0.0330. The number of aromatic nitrogens is 8. The highest BCUT2D eigenvalue weighted by Crippen LogP contribution is 2.33. The molecule has 4 amide bonds. The number of fused-ring (bicyclic) bond motifs is 2. The van der Waals surface area contributed by atoms with Gasteiger partial charge in [-0.25, -0.2) is 9.97 Å². The fraction of sp³-hybridized carbons (Fsp3) is 0.409. The second-order valence-corrected chi connectivity index (χ2v) is 16.4. The van der Waals surface area contributed by atoms with E-state index in [4.69, 9.17) is 35.6 Å². The number of benzene rings is 2. The Hall–Kier alpha value is -7.10. The number of nitrogens with zero attached hydrogens (tertiary/aromatic N) is 9. The zero-order chi connectivity index (χ0) is 46.0. The largest absolute Gasteiger partial charge is 0.494 e. The van der Waals surface area contributed by atoms with E-state index in [0.717, 1.165) is 38.4 Å². The van der Waals surface area contributed by atoms with Crippen LogP contribution in [-0.4, -0.2) is 126 Å². The first-order chi connectivity index (χ1) is 31.2. The summed E-state index contributed by atoms with van der Waals surface area (Å²) in [7, 11) is 3.25. The summed E-state index contributed by atoms with van der Waals surface area (Å²) in [6.07, 6.45) is 4.46. The van der Waals surface area contributed by atoms with Crippen LogP contribution in [0.4, 0.5) is 11.9 Å². The van der Waals surface area contributed by atoms with Crippen LogP contribution in [0, 0.1) is 13.8 Å². The topological polar surface area (TPSA) is 259 Å². The van der Waals surface area contributed by atoms with E-state index in [-0.39, 0.29) is 54.0 Å².